The predicted octanol–water partition coefficient (Wildman–Crippen LogP) is 3.86. The van der Waals surface area contributed by atoms with Gasteiger partial charge in [0.15, 0.2) is 11.5 Å². The molecule has 8 heteroatoms. The SMILES string of the molecule is Cc1nn(-c2ccccc2)nc1CNC(=O)c1ccc(N2CCC3(C=Cc4ccccc43)CC2)nn1. The quantitative estimate of drug-likeness (QED) is 0.470. The van der Waals surface area contributed by atoms with E-state index in [4.69, 9.17) is 0 Å². The van der Waals surface area contributed by atoms with Crippen LogP contribution < -0.4 is 10.2 Å². The number of aryl methyl sites for hydroxylation is 1. The molecule has 0 bridgehead atoms. The van der Waals surface area contributed by atoms with Crippen molar-refractivity contribution in [3.8, 4) is 5.69 Å². The minimum Gasteiger partial charge on any atom is -0.355 e. The Morgan fingerprint density at radius 3 is 2.50 bits per heavy atom. The molecule has 0 saturated carbocycles. The maximum Gasteiger partial charge on any atom is 0.272 e. The molecule has 2 aromatic heterocycles. The molecular formula is C28H27N7O. The lowest BCUT2D eigenvalue weighted by Crippen LogP contribution is -2.41. The van der Waals surface area contributed by atoms with Crippen LogP contribution in [0.5, 0.6) is 0 Å². The number of piperidine rings is 1. The first-order valence-corrected chi connectivity index (χ1v) is 12.3. The number of allylic oxidation sites excluding steroid dienone is 1. The summed E-state index contributed by atoms with van der Waals surface area (Å²) in [4.78, 5) is 16.5. The van der Waals surface area contributed by atoms with Gasteiger partial charge in [0, 0.05) is 18.5 Å². The Morgan fingerprint density at radius 2 is 1.72 bits per heavy atom. The lowest BCUT2D eigenvalue weighted by Gasteiger charge is -2.39. The van der Waals surface area contributed by atoms with Crippen molar-refractivity contribution in [3.63, 3.8) is 0 Å². The molecule has 4 aromatic rings. The van der Waals surface area contributed by atoms with Gasteiger partial charge >= 0.3 is 0 Å². The zero-order chi connectivity index (χ0) is 24.5. The third-order valence-electron chi connectivity index (χ3n) is 7.22. The maximum atomic E-state index is 12.7. The number of anilines is 1. The molecule has 1 N–H and O–H groups in total. The molecule has 180 valence electrons. The summed E-state index contributed by atoms with van der Waals surface area (Å²) >= 11 is 0. The zero-order valence-corrected chi connectivity index (χ0v) is 20.1. The van der Waals surface area contributed by atoms with Crippen LogP contribution in [0.3, 0.4) is 0 Å². The van der Waals surface area contributed by atoms with Crippen molar-refractivity contribution in [2.45, 2.75) is 31.7 Å². The molecule has 1 spiro atoms. The van der Waals surface area contributed by atoms with E-state index in [0.717, 1.165) is 43.1 Å². The van der Waals surface area contributed by atoms with E-state index in [1.54, 1.807) is 10.9 Å². The van der Waals surface area contributed by atoms with Crippen molar-refractivity contribution in [2.75, 3.05) is 18.0 Å². The van der Waals surface area contributed by atoms with Crippen molar-refractivity contribution in [3.05, 3.63) is 101 Å². The molecule has 36 heavy (non-hydrogen) atoms. The van der Waals surface area contributed by atoms with Crippen molar-refractivity contribution < 1.29 is 4.79 Å². The Kier molecular flexibility index (Phi) is 5.56. The van der Waals surface area contributed by atoms with E-state index in [-0.39, 0.29) is 23.6 Å². The molecular weight excluding hydrogens is 450 g/mol. The molecule has 1 saturated heterocycles. The number of nitrogens with one attached hydrogen (secondary N) is 1. The van der Waals surface area contributed by atoms with E-state index in [1.165, 1.54) is 11.1 Å². The van der Waals surface area contributed by atoms with Gasteiger partial charge in [-0.25, -0.2) is 0 Å². The number of amides is 1. The fraction of sp³-hybridized carbons (Fsp3) is 0.250. The smallest absolute Gasteiger partial charge is 0.272 e. The van der Waals surface area contributed by atoms with Gasteiger partial charge in [0.05, 0.1) is 17.9 Å². The van der Waals surface area contributed by atoms with Gasteiger partial charge in [-0.3, -0.25) is 4.79 Å². The Morgan fingerprint density at radius 1 is 0.944 bits per heavy atom. The number of hydrogen-bond acceptors (Lipinski definition) is 6. The van der Waals surface area contributed by atoms with Crippen molar-refractivity contribution >= 4 is 17.8 Å². The van der Waals surface area contributed by atoms with E-state index in [0.29, 0.717) is 5.69 Å². The average molecular weight is 478 g/mol. The van der Waals surface area contributed by atoms with Gasteiger partial charge in [0.2, 0.25) is 0 Å². The van der Waals surface area contributed by atoms with Gasteiger partial charge in [-0.15, -0.1) is 10.2 Å². The van der Waals surface area contributed by atoms with Crippen LogP contribution in [0.2, 0.25) is 0 Å². The normalized spacial score (nSPS) is 15.8. The highest BCUT2D eigenvalue weighted by Gasteiger charge is 2.38. The summed E-state index contributed by atoms with van der Waals surface area (Å²) in [5, 5.41) is 20.4. The van der Waals surface area contributed by atoms with Crippen molar-refractivity contribution in [1.29, 1.82) is 0 Å². The van der Waals surface area contributed by atoms with Crippen LogP contribution >= 0.6 is 0 Å². The first-order chi connectivity index (χ1) is 17.6. The second-order valence-corrected chi connectivity index (χ2v) is 9.38. The Balaban J connectivity index is 1.07. The van der Waals surface area contributed by atoms with Gasteiger partial charge < -0.3 is 10.2 Å². The molecule has 8 nitrogen and oxygen atoms in total. The molecule has 0 atom stereocenters. The number of carbonyl (C=O) groups excluding carboxylic acids is 1. The highest BCUT2D eigenvalue weighted by molar-refractivity contribution is 5.92. The van der Waals surface area contributed by atoms with E-state index < -0.39 is 0 Å². The van der Waals surface area contributed by atoms with Crippen LogP contribution in [0.1, 0.15) is 45.8 Å². The number of para-hydroxylation sites is 1. The molecule has 2 aliphatic rings. The summed E-state index contributed by atoms with van der Waals surface area (Å²) in [5.74, 6) is 0.520. The summed E-state index contributed by atoms with van der Waals surface area (Å²) < 4.78 is 0. The lowest BCUT2D eigenvalue weighted by molar-refractivity contribution is 0.0944. The molecule has 2 aromatic carbocycles. The second kappa shape index (κ2) is 9.03. The molecule has 1 fully saturated rings. The van der Waals surface area contributed by atoms with Crippen molar-refractivity contribution in [2.24, 2.45) is 0 Å². The summed E-state index contributed by atoms with van der Waals surface area (Å²) in [6.07, 6.45) is 6.69. The minimum atomic E-state index is -0.284. The van der Waals surface area contributed by atoms with Gasteiger partial charge in [-0.2, -0.15) is 15.0 Å². The van der Waals surface area contributed by atoms with Gasteiger partial charge in [-0.05, 0) is 55.2 Å². The maximum absolute atomic E-state index is 12.7. The topological polar surface area (TPSA) is 88.8 Å². The molecule has 6 rings (SSSR count). The van der Waals surface area contributed by atoms with E-state index in [1.807, 2.05) is 43.3 Å². The van der Waals surface area contributed by atoms with E-state index in [2.05, 4.69) is 67.0 Å². The Bertz CT molecular complexity index is 1420. The monoisotopic (exact) mass is 477 g/mol. The molecule has 1 amide bonds. The first kappa shape index (κ1) is 22.2. The van der Waals surface area contributed by atoms with Crippen LogP contribution in [-0.2, 0) is 12.0 Å². The van der Waals surface area contributed by atoms with Gasteiger partial charge in [0.25, 0.3) is 5.91 Å². The molecule has 1 aliphatic heterocycles. The summed E-state index contributed by atoms with van der Waals surface area (Å²) in [5.41, 5.74) is 5.52. The minimum absolute atomic E-state index is 0.126. The molecule has 0 radical (unpaired) electrons. The van der Waals surface area contributed by atoms with Crippen LogP contribution in [0.4, 0.5) is 5.82 Å². The Hall–Kier alpha value is -4.33. The zero-order valence-electron chi connectivity index (χ0n) is 20.1. The Labute approximate surface area is 209 Å². The molecule has 0 unspecified atom stereocenters. The number of hydrogen-bond donors (Lipinski definition) is 1. The van der Waals surface area contributed by atoms with Crippen LogP contribution in [0.25, 0.3) is 11.8 Å². The third kappa shape index (κ3) is 4.04. The number of fused-ring (bicyclic) bond motifs is 2. The highest BCUT2D eigenvalue weighted by Crippen LogP contribution is 2.44. The number of benzene rings is 2. The predicted molar refractivity (Wildman–Crippen MR) is 138 cm³/mol. The summed E-state index contributed by atoms with van der Waals surface area (Å²) in [7, 11) is 0. The van der Waals surface area contributed by atoms with E-state index in [9.17, 15) is 4.79 Å². The largest absolute Gasteiger partial charge is 0.355 e. The standard InChI is InChI=1S/C28H27N7O/c1-20-25(33-35(32-20)22-8-3-2-4-9-22)19-29-27(36)24-11-12-26(31-30-24)34-17-15-28(16-18-34)14-13-21-7-5-6-10-23(21)28/h2-14H,15-19H2,1H3,(H,29,36). The molecule has 3 heterocycles. The van der Waals surface area contributed by atoms with Gasteiger partial charge in [0.1, 0.15) is 5.69 Å². The number of nitrogens with zero attached hydrogens (tertiary/aromatic N) is 6. The highest BCUT2D eigenvalue weighted by atomic mass is 16.1. The average Bonchev–Trinajstić information content (AvgIpc) is 3.49. The van der Waals surface area contributed by atoms with Crippen molar-refractivity contribution in [1.82, 2.24) is 30.5 Å². The molecule has 1 aliphatic carbocycles. The fourth-order valence-electron chi connectivity index (χ4n) is 5.12. The number of carbonyl (C=O) groups is 1. The second-order valence-electron chi connectivity index (χ2n) is 9.38. The first-order valence-electron chi connectivity index (χ1n) is 12.3. The summed E-state index contributed by atoms with van der Waals surface area (Å²) in [6, 6.07) is 22.0. The van der Waals surface area contributed by atoms with Crippen LogP contribution in [0, 0.1) is 6.92 Å². The lowest BCUT2D eigenvalue weighted by atomic mass is 9.74. The number of aromatic nitrogens is 5. The van der Waals surface area contributed by atoms with Crippen LogP contribution in [0.15, 0.2) is 72.8 Å². The fourth-order valence-corrected chi connectivity index (χ4v) is 5.12. The van der Waals surface area contributed by atoms with Gasteiger partial charge in [-0.1, -0.05) is 54.6 Å². The summed E-state index contributed by atoms with van der Waals surface area (Å²) in [6.45, 7) is 3.94. The van der Waals surface area contributed by atoms with E-state index >= 15 is 0 Å². The third-order valence-corrected chi connectivity index (χ3v) is 7.22. The van der Waals surface area contributed by atoms with Crippen LogP contribution in [-0.4, -0.2) is 44.2 Å². The number of rotatable bonds is 5.